The lowest BCUT2D eigenvalue weighted by Crippen LogP contribution is -2.33. The Morgan fingerprint density at radius 3 is 2.45 bits per heavy atom. The van der Waals surface area contributed by atoms with Gasteiger partial charge < -0.3 is 9.72 Å². The van der Waals surface area contributed by atoms with E-state index in [0.717, 1.165) is 38.5 Å². The van der Waals surface area contributed by atoms with Gasteiger partial charge in [0.25, 0.3) is 5.56 Å². The monoisotopic (exact) mass is 308 g/mol. The molecule has 0 aromatic carbocycles. The molecule has 0 atom stereocenters. The van der Waals surface area contributed by atoms with E-state index in [-0.39, 0.29) is 17.2 Å². The van der Waals surface area contributed by atoms with Crippen molar-refractivity contribution in [2.45, 2.75) is 52.0 Å². The van der Waals surface area contributed by atoms with Crippen molar-refractivity contribution < 1.29 is 9.53 Å². The molecule has 0 saturated heterocycles. The lowest BCUT2D eigenvalue weighted by Gasteiger charge is -2.05. The highest BCUT2D eigenvalue weighted by Crippen LogP contribution is 2.06. The Morgan fingerprint density at radius 2 is 1.82 bits per heavy atom. The van der Waals surface area contributed by atoms with Crippen molar-refractivity contribution in [3.05, 3.63) is 45.3 Å². The Hall–Kier alpha value is -2.11. The van der Waals surface area contributed by atoms with Crippen molar-refractivity contribution in [1.29, 1.82) is 0 Å². The van der Waals surface area contributed by atoms with Crippen LogP contribution in [0.4, 0.5) is 0 Å². The van der Waals surface area contributed by atoms with Gasteiger partial charge in [-0.3, -0.25) is 9.36 Å². The van der Waals surface area contributed by atoms with Crippen molar-refractivity contribution in [2.75, 3.05) is 6.61 Å². The predicted octanol–water partition coefficient (Wildman–Crippen LogP) is 2.00. The van der Waals surface area contributed by atoms with Crippen molar-refractivity contribution >= 4 is 5.97 Å². The SMILES string of the molecule is C=C(C)C(=O)OCCCCCCCCn1c(=O)cc[nH]c1=O. The highest BCUT2D eigenvalue weighted by atomic mass is 16.5. The lowest BCUT2D eigenvalue weighted by molar-refractivity contribution is -0.139. The zero-order chi connectivity index (χ0) is 16.4. The minimum atomic E-state index is -0.355. The maximum atomic E-state index is 11.5. The summed E-state index contributed by atoms with van der Waals surface area (Å²) < 4.78 is 6.22. The number of unbranched alkanes of at least 4 members (excludes halogenated alkanes) is 5. The van der Waals surface area contributed by atoms with E-state index in [1.165, 1.54) is 16.8 Å². The standard InChI is InChI=1S/C16H24N2O4/c1-13(2)15(20)22-12-8-6-4-3-5-7-11-18-14(19)9-10-17-16(18)21/h9-10H,1,3-8,11-12H2,2H3,(H,17,21). The number of aromatic amines is 1. The van der Waals surface area contributed by atoms with Crippen molar-refractivity contribution in [2.24, 2.45) is 0 Å². The van der Waals surface area contributed by atoms with Crippen LogP contribution in [-0.2, 0) is 16.1 Å². The Bertz CT molecular complexity index is 572. The summed E-state index contributed by atoms with van der Waals surface area (Å²) in [6.07, 6.45) is 7.05. The van der Waals surface area contributed by atoms with Gasteiger partial charge in [-0.25, -0.2) is 9.59 Å². The van der Waals surface area contributed by atoms with E-state index in [2.05, 4.69) is 11.6 Å². The number of nitrogens with one attached hydrogen (secondary N) is 1. The second-order valence-electron chi connectivity index (χ2n) is 5.31. The smallest absolute Gasteiger partial charge is 0.333 e. The average molecular weight is 308 g/mol. The Balaban J connectivity index is 2.05. The molecule has 22 heavy (non-hydrogen) atoms. The molecule has 0 aliphatic carbocycles. The number of nitrogens with zero attached hydrogens (tertiary/aromatic N) is 1. The van der Waals surface area contributed by atoms with Gasteiger partial charge in [0.2, 0.25) is 0 Å². The fourth-order valence-electron chi connectivity index (χ4n) is 2.03. The minimum Gasteiger partial charge on any atom is -0.462 e. The second-order valence-corrected chi connectivity index (χ2v) is 5.31. The van der Waals surface area contributed by atoms with Crippen LogP contribution in [0.5, 0.6) is 0 Å². The topological polar surface area (TPSA) is 81.2 Å². The van der Waals surface area contributed by atoms with E-state index in [9.17, 15) is 14.4 Å². The first-order valence-corrected chi connectivity index (χ1v) is 7.63. The first-order valence-electron chi connectivity index (χ1n) is 7.63. The van der Waals surface area contributed by atoms with Gasteiger partial charge in [-0.1, -0.05) is 32.3 Å². The molecule has 0 saturated carbocycles. The highest BCUT2D eigenvalue weighted by Gasteiger charge is 2.02. The van der Waals surface area contributed by atoms with Crippen LogP contribution < -0.4 is 11.2 Å². The molecule has 0 aliphatic rings. The zero-order valence-electron chi connectivity index (χ0n) is 13.1. The van der Waals surface area contributed by atoms with Gasteiger partial charge in [-0.05, 0) is 19.8 Å². The van der Waals surface area contributed by atoms with Gasteiger partial charge in [-0.15, -0.1) is 0 Å². The lowest BCUT2D eigenvalue weighted by atomic mass is 10.1. The number of hydrogen-bond acceptors (Lipinski definition) is 4. The fourth-order valence-corrected chi connectivity index (χ4v) is 2.03. The summed E-state index contributed by atoms with van der Waals surface area (Å²) in [6.45, 7) is 6.03. The maximum absolute atomic E-state index is 11.5. The molecular formula is C16H24N2O4. The molecule has 0 unspecified atom stereocenters. The number of carbonyl (C=O) groups excluding carboxylic acids is 1. The van der Waals surface area contributed by atoms with Gasteiger partial charge in [-0.2, -0.15) is 0 Å². The summed E-state index contributed by atoms with van der Waals surface area (Å²) in [7, 11) is 0. The molecular weight excluding hydrogens is 284 g/mol. The third kappa shape index (κ3) is 6.56. The number of ether oxygens (including phenoxy) is 1. The molecule has 1 aromatic heterocycles. The van der Waals surface area contributed by atoms with Crippen molar-refractivity contribution in [3.8, 4) is 0 Å². The summed E-state index contributed by atoms with van der Waals surface area (Å²) in [5, 5.41) is 0. The zero-order valence-corrected chi connectivity index (χ0v) is 13.1. The number of carbonyl (C=O) groups is 1. The Kier molecular flexibility index (Phi) is 7.96. The second kappa shape index (κ2) is 9.76. The van der Waals surface area contributed by atoms with Crippen molar-refractivity contribution in [3.63, 3.8) is 0 Å². The van der Waals surface area contributed by atoms with E-state index >= 15 is 0 Å². The average Bonchev–Trinajstić information content (AvgIpc) is 2.47. The van der Waals surface area contributed by atoms with Crippen LogP contribution in [-0.4, -0.2) is 22.1 Å². The number of esters is 1. The van der Waals surface area contributed by atoms with Crippen LogP contribution in [0.15, 0.2) is 34.0 Å². The van der Waals surface area contributed by atoms with Crippen LogP contribution in [0, 0.1) is 0 Å². The summed E-state index contributed by atoms with van der Waals surface area (Å²) >= 11 is 0. The summed E-state index contributed by atoms with van der Waals surface area (Å²) in [5.74, 6) is -0.335. The maximum Gasteiger partial charge on any atom is 0.333 e. The molecule has 1 N–H and O–H groups in total. The first-order chi connectivity index (χ1) is 10.5. The molecule has 1 rings (SSSR count). The molecule has 0 spiro atoms. The molecule has 0 fully saturated rings. The van der Waals surface area contributed by atoms with Crippen molar-refractivity contribution in [1.82, 2.24) is 9.55 Å². The molecule has 0 bridgehead atoms. The van der Waals surface area contributed by atoms with Crippen LogP contribution >= 0.6 is 0 Å². The van der Waals surface area contributed by atoms with E-state index in [1.54, 1.807) is 6.92 Å². The Morgan fingerprint density at radius 1 is 1.18 bits per heavy atom. The summed E-state index contributed by atoms with van der Waals surface area (Å²) in [6, 6.07) is 1.35. The summed E-state index contributed by atoms with van der Waals surface area (Å²) in [5.41, 5.74) is -0.193. The minimum absolute atomic E-state index is 0.261. The molecule has 6 nitrogen and oxygen atoms in total. The number of hydrogen-bond donors (Lipinski definition) is 1. The third-order valence-corrected chi connectivity index (χ3v) is 3.30. The largest absolute Gasteiger partial charge is 0.462 e. The van der Waals surface area contributed by atoms with E-state index < -0.39 is 0 Å². The normalized spacial score (nSPS) is 10.4. The van der Waals surface area contributed by atoms with Gasteiger partial charge >= 0.3 is 11.7 Å². The molecule has 122 valence electrons. The highest BCUT2D eigenvalue weighted by molar-refractivity contribution is 5.86. The van der Waals surface area contributed by atoms with E-state index in [4.69, 9.17) is 4.74 Å². The Labute approximate surface area is 129 Å². The van der Waals surface area contributed by atoms with Gasteiger partial charge in [0.15, 0.2) is 0 Å². The molecule has 1 aromatic rings. The third-order valence-electron chi connectivity index (χ3n) is 3.30. The molecule has 0 radical (unpaired) electrons. The quantitative estimate of drug-likeness (QED) is 0.407. The molecule has 0 amide bonds. The molecule has 1 heterocycles. The van der Waals surface area contributed by atoms with Gasteiger partial charge in [0.05, 0.1) is 6.61 Å². The number of rotatable bonds is 10. The molecule has 6 heteroatoms. The van der Waals surface area contributed by atoms with Crippen LogP contribution in [0.1, 0.15) is 45.4 Å². The van der Waals surface area contributed by atoms with Crippen LogP contribution in [0.3, 0.4) is 0 Å². The van der Waals surface area contributed by atoms with Crippen LogP contribution in [0.2, 0.25) is 0 Å². The number of aromatic nitrogens is 2. The van der Waals surface area contributed by atoms with Crippen LogP contribution in [0.25, 0.3) is 0 Å². The van der Waals surface area contributed by atoms with E-state index in [0.29, 0.717) is 18.7 Å². The molecule has 0 aliphatic heterocycles. The van der Waals surface area contributed by atoms with E-state index in [1.807, 2.05) is 0 Å². The first kappa shape index (κ1) is 17.9. The predicted molar refractivity (Wildman–Crippen MR) is 84.8 cm³/mol. The van der Waals surface area contributed by atoms with Gasteiger partial charge in [0.1, 0.15) is 0 Å². The fraction of sp³-hybridized carbons (Fsp3) is 0.562. The number of H-pyrrole nitrogens is 1. The summed E-state index contributed by atoms with van der Waals surface area (Å²) in [4.78, 5) is 36.5. The van der Waals surface area contributed by atoms with Gasteiger partial charge in [0, 0.05) is 24.4 Å².